The van der Waals surface area contributed by atoms with Crippen LogP contribution in [0.2, 0.25) is 0 Å². The van der Waals surface area contributed by atoms with Gasteiger partial charge in [0, 0.05) is 11.5 Å². The number of carbonyl (C=O) groups excluding carboxylic acids is 1. The highest BCUT2D eigenvalue weighted by Crippen LogP contribution is 2.35. The lowest BCUT2D eigenvalue weighted by atomic mass is 9.83. The summed E-state index contributed by atoms with van der Waals surface area (Å²) in [6.45, 7) is 14.2. The van der Waals surface area contributed by atoms with E-state index in [0.717, 1.165) is 11.1 Å². The molecule has 0 unspecified atom stereocenters. The number of benzene rings is 3. The maximum absolute atomic E-state index is 11.5. The zero-order valence-corrected chi connectivity index (χ0v) is 20.0. The molecule has 0 aliphatic rings. The molecule has 0 saturated carbocycles. The quantitative estimate of drug-likeness (QED) is 0.391. The van der Waals surface area contributed by atoms with Gasteiger partial charge in [0.2, 0.25) is 0 Å². The number of quaternary nitrogens is 1. The fourth-order valence-electron chi connectivity index (χ4n) is 4.16. The molecule has 5 heteroatoms. The van der Waals surface area contributed by atoms with Crippen molar-refractivity contribution in [1.29, 1.82) is 0 Å². The minimum absolute atomic E-state index is 0.114. The largest absolute Gasteiger partial charge is 0.545 e. The molecule has 0 aliphatic heterocycles. The van der Waals surface area contributed by atoms with Gasteiger partial charge in [0.25, 0.3) is 0 Å². The Morgan fingerprint density at radius 1 is 0.727 bits per heavy atom. The first-order valence-electron chi connectivity index (χ1n) is 11.5. The highest BCUT2D eigenvalue weighted by atomic mass is 16.4. The Morgan fingerprint density at radius 2 is 1.12 bits per heavy atom. The minimum atomic E-state index is -1.24. The number of hydrogen-bond donors (Lipinski definition) is 2. The third kappa shape index (κ3) is 6.59. The van der Waals surface area contributed by atoms with Crippen LogP contribution in [-0.4, -0.2) is 46.8 Å². The Bertz CT molecular complexity index is 946. The molecule has 0 fully saturated rings. The molecule has 0 bridgehead atoms. The summed E-state index contributed by atoms with van der Waals surface area (Å²) in [6, 6.07) is 19.9. The molecular formula is C28H35NO4. The summed E-state index contributed by atoms with van der Waals surface area (Å²) in [5, 5.41) is 30.5. The molecule has 0 atom stereocenters. The smallest absolute Gasteiger partial charge is 0.115 e. The van der Waals surface area contributed by atoms with Crippen molar-refractivity contribution in [1.82, 2.24) is 0 Å². The summed E-state index contributed by atoms with van der Waals surface area (Å²) in [6.07, 6.45) is 0. The van der Waals surface area contributed by atoms with Crippen LogP contribution in [0, 0.1) is 0 Å². The molecular weight excluding hydrogens is 414 g/mol. The lowest BCUT2D eigenvalue weighted by Gasteiger charge is -2.34. The lowest BCUT2D eigenvalue weighted by Crippen LogP contribution is -2.47. The first-order chi connectivity index (χ1) is 15.8. The van der Waals surface area contributed by atoms with Gasteiger partial charge in [0.15, 0.2) is 0 Å². The SMILES string of the molecule is CC[N+](CC)(CC)CC.O=C([O-])c1ccccc1C(c1ccc(O)cc1)c1ccc(O)cc1. The Balaban J connectivity index is 0.000000365. The summed E-state index contributed by atoms with van der Waals surface area (Å²) >= 11 is 0. The van der Waals surface area contributed by atoms with Crippen LogP contribution in [0.15, 0.2) is 72.8 Å². The van der Waals surface area contributed by atoms with E-state index in [1.807, 2.05) is 0 Å². The summed E-state index contributed by atoms with van der Waals surface area (Å²) in [7, 11) is 0. The van der Waals surface area contributed by atoms with E-state index in [0.29, 0.717) is 5.56 Å². The van der Waals surface area contributed by atoms with Crippen LogP contribution >= 0.6 is 0 Å². The second kappa shape index (κ2) is 12.1. The molecule has 0 amide bonds. The zero-order valence-electron chi connectivity index (χ0n) is 20.0. The second-order valence-corrected chi connectivity index (χ2v) is 8.10. The molecule has 176 valence electrons. The minimum Gasteiger partial charge on any atom is -0.545 e. The van der Waals surface area contributed by atoms with E-state index in [-0.39, 0.29) is 23.0 Å². The number of carbonyl (C=O) groups is 1. The number of phenols is 2. The number of aromatic carboxylic acids is 1. The van der Waals surface area contributed by atoms with Crippen LogP contribution in [0.1, 0.15) is 60.7 Å². The Hall–Kier alpha value is -3.31. The number of phenolic OH excluding ortho intramolecular Hbond substituents is 2. The average Bonchev–Trinajstić information content (AvgIpc) is 2.84. The maximum Gasteiger partial charge on any atom is 0.115 e. The molecule has 3 aromatic rings. The van der Waals surface area contributed by atoms with Gasteiger partial charge in [0.05, 0.1) is 32.1 Å². The molecule has 0 heterocycles. The number of rotatable bonds is 8. The fourth-order valence-corrected chi connectivity index (χ4v) is 4.16. The average molecular weight is 450 g/mol. The van der Waals surface area contributed by atoms with Crippen molar-refractivity contribution in [2.45, 2.75) is 33.6 Å². The number of carboxylic acid groups (broad SMARTS) is 1. The molecule has 33 heavy (non-hydrogen) atoms. The topological polar surface area (TPSA) is 80.6 Å². The van der Waals surface area contributed by atoms with Gasteiger partial charge in [-0.15, -0.1) is 0 Å². The van der Waals surface area contributed by atoms with Gasteiger partial charge in [-0.2, -0.15) is 0 Å². The number of carboxylic acids is 1. The van der Waals surface area contributed by atoms with E-state index < -0.39 is 5.97 Å². The summed E-state index contributed by atoms with van der Waals surface area (Å²) in [5.74, 6) is -1.33. The normalized spacial score (nSPS) is 11.1. The van der Waals surface area contributed by atoms with E-state index >= 15 is 0 Å². The van der Waals surface area contributed by atoms with Crippen LogP contribution in [-0.2, 0) is 0 Å². The number of aromatic hydroxyl groups is 2. The molecule has 0 spiro atoms. The molecule has 0 aliphatic carbocycles. The summed E-state index contributed by atoms with van der Waals surface area (Å²) in [5.41, 5.74) is 2.36. The molecule has 2 N–H and O–H groups in total. The Labute approximate surface area is 197 Å². The van der Waals surface area contributed by atoms with Crippen molar-refractivity contribution in [2.75, 3.05) is 26.2 Å². The monoisotopic (exact) mass is 449 g/mol. The highest BCUT2D eigenvalue weighted by molar-refractivity contribution is 5.88. The summed E-state index contributed by atoms with van der Waals surface area (Å²) in [4.78, 5) is 11.5. The van der Waals surface area contributed by atoms with Gasteiger partial charge in [-0.3, -0.25) is 0 Å². The van der Waals surface area contributed by atoms with Gasteiger partial charge in [-0.25, -0.2) is 0 Å². The van der Waals surface area contributed by atoms with E-state index in [1.54, 1.807) is 66.7 Å². The standard InChI is InChI=1S/C20H16O4.C8H20N/c21-15-9-5-13(6-10-15)19(14-7-11-16(22)12-8-14)17-3-1-2-4-18(17)20(23)24;1-5-9(6-2,7-3)8-4/h1-12,19,21-22H,(H,23,24);5-8H2,1-4H3/q;+1/p-1. The summed E-state index contributed by atoms with van der Waals surface area (Å²) < 4.78 is 1.28. The van der Waals surface area contributed by atoms with Crippen molar-refractivity contribution >= 4 is 5.97 Å². The Kier molecular flexibility index (Phi) is 9.49. The van der Waals surface area contributed by atoms with Gasteiger partial charge < -0.3 is 24.6 Å². The fraction of sp³-hybridized carbons (Fsp3) is 0.321. The van der Waals surface area contributed by atoms with E-state index in [4.69, 9.17) is 0 Å². The first kappa shape index (κ1) is 25.9. The maximum atomic E-state index is 11.5. The van der Waals surface area contributed by atoms with Crippen LogP contribution in [0.25, 0.3) is 0 Å². The van der Waals surface area contributed by atoms with Gasteiger partial charge in [0.1, 0.15) is 11.5 Å². The van der Waals surface area contributed by atoms with Crippen LogP contribution < -0.4 is 5.11 Å². The van der Waals surface area contributed by atoms with Crippen molar-refractivity contribution in [3.05, 3.63) is 95.1 Å². The van der Waals surface area contributed by atoms with Gasteiger partial charge in [-0.1, -0.05) is 48.5 Å². The predicted octanol–water partition coefficient (Wildman–Crippen LogP) is 4.52. The van der Waals surface area contributed by atoms with Crippen molar-refractivity contribution in [3.8, 4) is 11.5 Å². The van der Waals surface area contributed by atoms with Crippen LogP contribution in [0.5, 0.6) is 11.5 Å². The molecule has 0 aromatic heterocycles. The molecule has 3 aromatic carbocycles. The molecule has 0 radical (unpaired) electrons. The van der Waals surface area contributed by atoms with E-state index in [1.165, 1.54) is 36.7 Å². The van der Waals surface area contributed by atoms with Crippen molar-refractivity contribution in [3.63, 3.8) is 0 Å². The molecule has 3 rings (SSSR count). The number of hydrogen-bond acceptors (Lipinski definition) is 4. The van der Waals surface area contributed by atoms with Crippen molar-refractivity contribution < 1.29 is 24.6 Å². The number of nitrogens with zero attached hydrogens (tertiary/aromatic N) is 1. The molecule has 5 nitrogen and oxygen atoms in total. The highest BCUT2D eigenvalue weighted by Gasteiger charge is 2.20. The third-order valence-electron chi connectivity index (χ3n) is 6.63. The first-order valence-corrected chi connectivity index (χ1v) is 11.5. The van der Waals surface area contributed by atoms with Crippen molar-refractivity contribution in [2.24, 2.45) is 0 Å². The zero-order chi connectivity index (χ0) is 24.4. The van der Waals surface area contributed by atoms with E-state index in [2.05, 4.69) is 27.7 Å². The molecule has 0 saturated heterocycles. The van der Waals surface area contributed by atoms with Gasteiger partial charge >= 0.3 is 0 Å². The van der Waals surface area contributed by atoms with Crippen LogP contribution in [0.4, 0.5) is 0 Å². The van der Waals surface area contributed by atoms with E-state index in [9.17, 15) is 20.1 Å². The Morgan fingerprint density at radius 3 is 1.45 bits per heavy atom. The van der Waals surface area contributed by atoms with Crippen LogP contribution in [0.3, 0.4) is 0 Å². The van der Waals surface area contributed by atoms with Gasteiger partial charge in [-0.05, 0) is 68.7 Å². The lowest BCUT2D eigenvalue weighted by molar-refractivity contribution is -0.921. The third-order valence-corrected chi connectivity index (χ3v) is 6.63. The predicted molar refractivity (Wildman–Crippen MR) is 130 cm³/mol. The second-order valence-electron chi connectivity index (χ2n) is 8.10.